The number of anilines is 1. The van der Waals surface area contributed by atoms with E-state index in [-0.39, 0.29) is 18.0 Å². The van der Waals surface area contributed by atoms with Crippen molar-refractivity contribution in [1.82, 2.24) is 0 Å². The first-order valence-electron chi connectivity index (χ1n) is 9.28. The summed E-state index contributed by atoms with van der Waals surface area (Å²) in [6, 6.07) is 20.7. The van der Waals surface area contributed by atoms with Crippen molar-refractivity contribution < 1.29 is 14.3 Å². The van der Waals surface area contributed by atoms with Crippen LogP contribution in [-0.2, 0) is 11.2 Å². The number of aryl methyl sites for hydroxylation is 2. The van der Waals surface area contributed by atoms with Crippen LogP contribution in [0.1, 0.15) is 49.1 Å². The maximum absolute atomic E-state index is 12.6. The van der Waals surface area contributed by atoms with E-state index in [1.807, 2.05) is 62.4 Å². The largest absolute Gasteiger partial charge is 0.454 e. The van der Waals surface area contributed by atoms with E-state index in [1.54, 1.807) is 18.2 Å². The first-order chi connectivity index (χ1) is 13.5. The van der Waals surface area contributed by atoms with Gasteiger partial charge in [-0.1, -0.05) is 47.5 Å². The number of carbonyl (C=O) groups excluding carboxylic acids is 2. The highest BCUT2D eigenvalue weighted by Gasteiger charge is 2.28. The number of amides is 1. The molecule has 4 rings (SSSR count). The summed E-state index contributed by atoms with van der Waals surface area (Å²) >= 11 is 0. The summed E-state index contributed by atoms with van der Waals surface area (Å²) in [5, 5.41) is 2.90. The van der Waals surface area contributed by atoms with Crippen LogP contribution in [0.3, 0.4) is 0 Å². The Labute approximate surface area is 164 Å². The smallest absolute Gasteiger partial charge is 0.339 e. The molecule has 3 aromatic rings. The van der Waals surface area contributed by atoms with Crippen LogP contribution in [0.15, 0.2) is 66.7 Å². The molecule has 0 aromatic heterocycles. The molecule has 0 fully saturated rings. The molecule has 1 aliphatic rings. The van der Waals surface area contributed by atoms with Crippen LogP contribution >= 0.6 is 0 Å². The van der Waals surface area contributed by atoms with Crippen LogP contribution in [0.25, 0.3) is 0 Å². The zero-order valence-corrected chi connectivity index (χ0v) is 15.9. The molecule has 0 aliphatic carbocycles. The number of hydrogen-bond acceptors (Lipinski definition) is 3. The van der Waals surface area contributed by atoms with Crippen molar-refractivity contribution in [3.05, 3.63) is 100 Å². The second-order valence-electron chi connectivity index (χ2n) is 7.20. The second-order valence-corrected chi connectivity index (χ2v) is 7.20. The van der Waals surface area contributed by atoms with Crippen LogP contribution in [0, 0.1) is 13.8 Å². The molecule has 4 nitrogen and oxygen atoms in total. The Kier molecular flexibility index (Phi) is 4.70. The van der Waals surface area contributed by atoms with Crippen LogP contribution in [0.4, 0.5) is 5.69 Å². The van der Waals surface area contributed by atoms with Crippen molar-refractivity contribution >= 4 is 17.6 Å². The fraction of sp³-hybridized carbons (Fsp3) is 0.167. The maximum Gasteiger partial charge on any atom is 0.339 e. The van der Waals surface area contributed by atoms with E-state index in [0.717, 1.165) is 27.9 Å². The third kappa shape index (κ3) is 3.67. The predicted octanol–water partition coefficient (Wildman–Crippen LogP) is 5.01. The minimum Gasteiger partial charge on any atom is -0.454 e. The molecule has 0 bridgehead atoms. The Hall–Kier alpha value is -3.40. The number of fused-ring (bicyclic) bond motifs is 1. The van der Waals surface area contributed by atoms with Crippen molar-refractivity contribution in [2.75, 3.05) is 5.32 Å². The number of rotatable bonds is 3. The van der Waals surface area contributed by atoms with Gasteiger partial charge in [-0.15, -0.1) is 0 Å². The molecule has 1 heterocycles. The van der Waals surface area contributed by atoms with Gasteiger partial charge in [0.15, 0.2) is 0 Å². The monoisotopic (exact) mass is 371 g/mol. The summed E-state index contributed by atoms with van der Waals surface area (Å²) in [4.78, 5) is 25.0. The number of hydrogen-bond donors (Lipinski definition) is 1. The molecule has 1 atom stereocenters. The zero-order valence-electron chi connectivity index (χ0n) is 15.9. The van der Waals surface area contributed by atoms with Crippen LogP contribution < -0.4 is 5.32 Å². The van der Waals surface area contributed by atoms with Gasteiger partial charge in [0.2, 0.25) is 0 Å². The summed E-state index contributed by atoms with van der Waals surface area (Å²) < 4.78 is 5.61. The van der Waals surface area contributed by atoms with Gasteiger partial charge in [0.1, 0.15) is 6.10 Å². The molecule has 28 heavy (non-hydrogen) atoms. The van der Waals surface area contributed by atoms with Crippen LogP contribution in [0.2, 0.25) is 0 Å². The van der Waals surface area contributed by atoms with E-state index in [9.17, 15) is 9.59 Å². The van der Waals surface area contributed by atoms with E-state index >= 15 is 0 Å². The van der Waals surface area contributed by atoms with E-state index in [4.69, 9.17) is 4.74 Å². The quantitative estimate of drug-likeness (QED) is 0.659. The first kappa shape index (κ1) is 18.0. The lowest BCUT2D eigenvalue weighted by atomic mass is 9.92. The number of nitrogens with one attached hydrogen (secondary N) is 1. The van der Waals surface area contributed by atoms with E-state index in [2.05, 4.69) is 5.32 Å². The van der Waals surface area contributed by atoms with Gasteiger partial charge in [0.25, 0.3) is 5.91 Å². The molecule has 0 saturated heterocycles. The van der Waals surface area contributed by atoms with Crippen molar-refractivity contribution in [2.24, 2.45) is 0 Å². The van der Waals surface area contributed by atoms with Gasteiger partial charge in [0.05, 0.1) is 5.56 Å². The minimum absolute atomic E-state index is 0.197. The lowest BCUT2D eigenvalue weighted by Crippen LogP contribution is -2.23. The summed E-state index contributed by atoms with van der Waals surface area (Å²) in [5.74, 6) is -0.546. The first-order valence-corrected chi connectivity index (χ1v) is 9.28. The molecular formula is C24H21NO3. The summed E-state index contributed by atoms with van der Waals surface area (Å²) in [7, 11) is 0. The number of esters is 1. The van der Waals surface area contributed by atoms with E-state index in [1.165, 1.54) is 0 Å². The van der Waals surface area contributed by atoms with Crippen molar-refractivity contribution in [3.63, 3.8) is 0 Å². The predicted molar refractivity (Wildman–Crippen MR) is 109 cm³/mol. The fourth-order valence-corrected chi connectivity index (χ4v) is 3.34. The fourth-order valence-electron chi connectivity index (χ4n) is 3.34. The topological polar surface area (TPSA) is 55.4 Å². The molecule has 3 aromatic carbocycles. The highest BCUT2D eigenvalue weighted by atomic mass is 16.5. The normalized spacial score (nSPS) is 15.5. The molecule has 1 N–H and O–H groups in total. The molecule has 4 heteroatoms. The SMILES string of the molecule is Cc1ccc(NC(=O)c2ccc3c(c2)C[C@H](c2ccc(C)cc2)OC3=O)cc1. The van der Waals surface area contributed by atoms with Gasteiger partial charge in [-0.25, -0.2) is 4.79 Å². The summed E-state index contributed by atoms with van der Waals surface area (Å²) in [6.45, 7) is 4.02. The Balaban J connectivity index is 1.57. The van der Waals surface area contributed by atoms with Gasteiger partial charge >= 0.3 is 5.97 Å². The molecule has 140 valence electrons. The van der Waals surface area contributed by atoms with Gasteiger partial charge in [-0.3, -0.25) is 4.79 Å². The van der Waals surface area contributed by atoms with Crippen molar-refractivity contribution in [1.29, 1.82) is 0 Å². The molecule has 0 saturated carbocycles. The molecule has 0 unspecified atom stereocenters. The third-order valence-electron chi connectivity index (χ3n) is 5.00. The van der Waals surface area contributed by atoms with E-state index in [0.29, 0.717) is 17.5 Å². The van der Waals surface area contributed by atoms with Gasteiger partial charge in [-0.2, -0.15) is 0 Å². The van der Waals surface area contributed by atoms with Crippen LogP contribution in [0.5, 0.6) is 0 Å². The van der Waals surface area contributed by atoms with Crippen molar-refractivity contribution in [3.8, 4) is 0 Å². The lowest BCUT2D eigenvalue weighted by Gasteiger charge is -2.25. The van der Waals surface area contributed by atoms with E-state index < -0.39 is 0 Å². The lowest BCUT2D eigenvalue weighted by molar-refractivity contribution is 0.0252. The molecule has 0 spiro atoms. The molecule has 0 radical (unpaired) electrons. The third-order valence-corrected chi connectivity index (χ3v) is 5.00. The van der Waals surface area contributed by atoms with Crippen LogP contribution in [-0.4, -0.2) is 11.9 Å². The van der Waals surface area contributed by atoms with Gasteiger partial charge in [0, 0.05) is 17.7 Å². The Morgan fingerprint density at radius 3 is 2.25 bits per heavy atom. The Bertz CT molecular complexity index is 1040. The number of benzene rings is 3. The number of ether oxygens (including phenoxy) is 1. The minimum atomic E-state index is -0.350. The Morgan fingerprint density at radius 2 is 1.57 bits per heavy atom. The van der Waals surface area contributed by atoms with Gasteiger partial charge in [-0.05, 0) is 55.3 Å². The Morgan fingerprint density at radius 1 is 0.929 bits per heavy atom. The molecule has 1 amide bonds. The average molecular weight is 371 g/mol. The number of carbonyl (C=O) groups is 2. The standard InChI is InChI=1S/C24H21NO3/c1-15-3-7-17(8-4-15)22-14-19-13-18(9-12-21(19)24(27)28-22)23(26)25-20-10-5-16(2)6-11-20/h3-13,22H,14H2,1-2H3,(H,25,26)/t22-/m1/s1. The van der Waals surface area contributed by atoms with Gasteiger partial charge < -0.3 is 10.1 Å². The number of cyclic esters (lactones) is 1. The zero-order chi connectivity index (χ0) is 19.7. The average Bonchev–Trinajstić information content (AvgIpc) is 2.69. The summed E-state index contributed by atoms with van der Waals surface area (Å²) in [6.07, 6.45) is 0.214. The highest BCUT2D eigenvalue weighted by molar-refractivity contribution is 6.05. The maximum atomic E-state index is 12.6. The molecule has 1 aliphatic heterocycles. The van der Waals surface area contributed by atoms with Crippen molar-refractivity contribution in [2.45, 2.75) is 26.4 Å². The molecular weight excluding hydrogens is 350 g/mol. The highest BCUT2D eigenvalue weighted by Crippen LogP contribution is 2.31. The summed E-state index contributed by atoms with van der Waals surface area (Å²) in [5.41, 5.74) is 5.86. The second kappa shape index (κ2) is 7.31.